The van der Waals surface area contributed by atoms with E-state index in [0.717, 1.165) is 5.56 Å². The van der Waals surface area contributed by atoms with Crippen molar-refractivity contribution in [3.05, 3.63) is 65.2 Å². The maximum Gasteiger partial charge on any atom is 0.338 e. The number of thiocarbonyl (C=S) groups is 1. The highest BCUT2D eigenvalue weighted by Gasteiger charge is 2.50. The van der Waals surface area contributed by atoms with E-state index in [9.17, 15) is 14.4 Å². The minimum atomic E-state index is -0.406. The molecule has 1 amide bonds. The van der Waals surface area contributed by atoms with Crippen LogP contribution >= 0.6 is 24.0 Å². The molecule has 160 valence electrons. The first kappa shape index (κ1) is 21.3. The minimum Gasteiger partial charge on any atom is -0.465 e. The molecule has 0 aromatic heterocycles. The van der Waals surface area contributed by atoms with Crippen LogP contribution in [0.25, 0.3) is 0 Å². The average Bonchev–Trinajstić information content (AvgIpc) is 3.33. The van der Waals surface area contributed by atoms with E-state index in [4.69, 9.17) is 21.7 Å². The van der Waals surface area contributed by atoms with Crippen LogP contribution in [0, 0.1) is 0 Å². The molecule has 0 spiro atoms. The van der Waals surface area contributed by atoms with Crippen molar-refractivity contribution in [1.29, 1.82) is 0 Å². The number of ether oxygens (including phenoxy) is 2. The second-order valence-corrected chi connectivity index (χ2v) is 8.42. The van der Waals surface area contributed by atoms with Gasteiger partial charge < -0.3 is 14.4 Å². The second kappa shape index (κ2) is 8.68. The van der Waals surface area contributed by atoms with Crippen LogP contribution < -0.4 is 4.90 Å². The summed E-state index contributed by atoms with van der Waals surface area (Å²) in [5.74, 6) is -0.278. The average molecular weight is 457 g/mol. The molecule has 2 fully saturated rings. The third kappa shape index (κ3) is 3.79. The normalized spacial score (nSPS) is 20.1. The lowest BCUT2D eigenvalue weighted by Gasteiger charge is -2.25. The summed E-state index contributed by atoms with van der Waals surface area (Å²) in [7, 11) is 1.34. The molecule has 0 radical (unpaired) electrons. The van der Waals surface area contributed by atoms with E-state index in [-0.39, 0.29) is 17.3 Å². The van der Waals surface area contributed by atoms with Gasteiger partial charge in [0, 0.05) is 5.75 Å². The molecule has 0 bridgehead atoms. The maximum absolute atomic E-state index is 13.1. The van der Waals surface area contributed by atoms with Crippen LogP contribution in [0.5, 0.6) is 0 Å². The lowest BCUT2D eigenvalue weighted by Crippen LogP contribution is -2.33. The highest BCUT2D eigenvalue weighted by Crippen LogP contribution is 2.46. The van der Waals surface area contributed by atoms with E-state index < -0.39 is 11.9 Å². The lowest BCUT2D eigenvalue weighted by molar-refractivity contribution is -0.119. The number of hydrogen-bond acceptors (Lipinski definition) is 7. The Hall–Kier alpha value is -2.91. The first-order valence-corrected chi connectivity index (χ1v) is 11.1. The van der Waals surface area contributed by atoms with Gasteiger partial charge >= 0.3 is 11.9 Å². The summed E-state index contributed by atoms with van der Waals surface area (Å²) < 4.78 is 9.75. The van der Waals surface area contributed by atoms with Gasteiger partial charge in [0.05, 0.1) is 30.5 Å². The fraction of sp³-hybridized carbons (Fsp3) is 0.273. The van der Waals surface area contributed by atoms with Gasteiger partial charge in [-0.25, -0.2) is 9.59 Å². The minimum absolute atomic E-state index is 0.0879. The molecule has 31 heavy (non-hydrogen) atoms. The van der Waals surface area contributed by atoms with E-state index in [0.29, 0.717) is 34.3 Å². The summed E-state index contributed by atoms with van der Waals surface area (Å²) in [5.41, 5.74) is 2.45. The second-order valence-electron chi connectivity index (χ2n) is 6.95. The van der Waals surface area contributed by atoms with Crippen LogP contribution in [0.4, 0.5) is 5.69 Å². The molecule has 0 aliphatic carbocycles. The van der Waals surface area contributed by atoms with Gasteiger partial charge in [0.2, 0.25) is 0 Å². The third-order valence-corrected chi connectivity index (χ3v) is 6.89. The van der Waals surface area contributed by atoms with Gasteiger partial charge in [-0.3, -0.25) is 9.69 Å². The number of carbonyl (C=O) groups is 3. The highest BCUT2D eigenvalue weighted by molar-refractivity contribution is 7.99. The predicted octanol–water partition coefficient (Wildman–Crippen LogP) is 3.40. The molecule has 0 saturated carbocycles. The van der Waals surface area contributed by atoms with Crippen molar-refractivity contribution in [2.45, 2.75) is 18.3 Å². The largest absolute Gasteiger partial charge is 0.465 e. The summed E-state index contributed by atoms with van der Waals surface area (Å²) in [6.07, 6.45) is 0. The predicted molar refractivity (Wildman–Crippen MR) is 121 cm³/mol. The smallest absolute Gasteiger partial charge is 0.338 e. The van der Waals surface area contributed by atoms with Crippen LogP contribution in [0.2, 0.25) is 0 Å². The summed E-state index contributed by atoms with van der Waals surface area (Å²) in [4.78, 5) is 40.1. The Labute approximate surface area is 189 Å². The van der Waals surface area contributed by atoms with Crippen molar-refractivity contribution in [2.24, 2.45) is 0 Å². The third-order valence-electron chi connectivity index (χ3n) is 5.17. The molecule has 2 aromatic carbocycles. The number of carbonyl (C=O) groups excluding carboxylic acids is 3. The Balaban J connectivity index is 1.56. The number of benzene rings is 2. The fourth-order valence-electron chi connectivity index (χ4n) is 3.65. The van der Waals surface area contributed by atoms with Crippen LogP contribution in [0.15, 0.2) is 48.5 Å². The number of esters is 2. The van der Waals surface area contributed by atoms with Crippen LogP contribution in [-0.2, 0) is 14.3 Å². The standard InChI is InChI=1S/C22H20N2O5S2/c1-3-29-21(27)15-8-10-16(11-9-15)23-18(25)17-12-31-19(24(17)22(23)30)13-4-6-14(7-5-13)20(26)28-2/h4-11,17,19H,3,12H2,1-2H3/t17-,19?/m1/s1. The van der Waals surface area contributed by atoms with Crippen molar-refractivity contribution in [3.63, 3.8) is 0 Å². The molecule has 2 aliphatic heterocycles. The quantitative estimate of drug-likeness (QED) is 0.501. The Kier molecular flexibility index (Phi) is 5.97. The zero-order chi connectivity index (χ0) is 22.1. The molecule has 7 nitrogen and oxygen atoms in total. The van der Waals surface area contributed by atoms with E-state index >= 15 is 0 Å². The summed E-state index contributed by atoms with van der Waals surface area (Å²) >= 11 is 7.32. The molecule has 2 aliphatic rings. The van der Waals surface area contributed by atoms with E-state index in [1.807, 2.05) is 17.0 Å². The first-order chi connectivity index (χ1) is 15.0. The molecule has 2 heterocycles. The topological polar surface area (TPSA) is 76.1 Å². The van der Waals surface area contributed by atoms with E-state index in [1.165, 1.54) is 12.0 Å². The van der Waals surface area contributed by atoms with Gasteiger partial charge in [-0.15, -0.1) is 11.8 Å². The number of rotatable bonds is 5. The number of nitrogens with zero attached hydrogens (tertiary/aromatic N) is 2. The van der Waals surface area contributed by atoms with Crippen molar-refractivity contribution in [2.75, 3.05) is 24.4 Å². The Morgan fingerprint density at radius 2 is 1.68 bits per heavy atom. The van der Waals surface area contributed by atoms with E-state index in [1.54, 1.807) is 55.1 Å². The Morgan fingerprint density at radius 3 is 2.29 bits per heavy atom. The van der Waals surface area contributed by atoms with Gasteiger partial charge in [-0.1, -0.05) is 12.1 Å². The number of amides is 1. The SMILES string of the molecule is CCOC(=O)c1ccc(N2C(=O)[C@H]3CSC(c4ccc(C(=O)OC)cc4)N3C2=S)cc1. The van der Waals surface area contributed by atoms with E-state index in [2.05, 4.69) is 0 Å². The summed E-state index contributed by atoms with van der Waals surface area (Å²) in [6, 6.07) is 13.4. The summed E-state index contributed by atoms with van der Waals surface area (Å²) in [5, 5.41) is 0.294. The van der Waals surface area contributed by atoms with Crippen LogP contribution in [0.1, 0.15) is 38.6 Å². The van der Waals surface area contributed by atoms with Gasteiger partial charge in [0.25, 0.3) is 5.91 Å². The Bertz CT molecular complexity index is 1040. The van der Waals surface area contributed by atoms with Crippen molar-refractivity contribution < 1.29 is 23.9 Å². The van der Waals surface area contributed by atoms with Crippen molar-refractivity contribution in [3.8, 4) is 0 Å². The molecule has 2 aromatic rings. The van der Waals surface area contributed by atoms with Crippen LogP contribution in [-0.4, -0.2) is 53.4 Å². The fourth-order valence-corrected chi connectivity index (χ4v) is 5.57. The molecule has 2 atom stereocenters. The van der Waals surface area contributed by atoms with Crippen molar-refractivity contribution >= 4 is 52.6 Å². The zero-order valence-electron chi connectivity index (χ0n) is 16.9. The molecule has 0 N–H and O–H groups in total. The van der Waals surface area contributed by atoms with Gasteiger partial charge in [-0.05, 0) is 61.1 Å². The number of fused-ring (bicyclic) bond motifs is 1. The van der Waals surface area contributed by atoms with Crippen LogP contribution in [0.3, 0.4) is 0 Å². The molecule has 9 heteroatoms. The zero-order valence-corrected chi connectivity index (χ0v) is 18.6. The highest BCUT2D eigenvalue weighted by atomic mass is 32.2. The maximum atomic E-state index is 13.1. The van der Waals surface area contributed by atoms with Gasteiger partial charge in [0.15, 0.2) is 5.11 Å². The number of thioether (sulfide) groups is 1. The van der Waals surface area contributed by atoms with Gasteiger partial charge in [0.1, 0.15) is 11.4 Å². The number of anilines is 1. The summed E-state index contributed by atoms with van der Waals surface area (Å²) in [6.45, 7) is 2.05. The van der Waals surface area contributed by atoms with Crippen molar-refractivity contribution in [1.82, 2.24) is 4.90 Å². The molecular formula is C22H20N2O5S2. The first-order valence-electron chi connectivity index (χ1n) is 9.69. The number of methoxy groups -OCH3 is 1. The molecule has 2 saturated heterocycles. The molecule has 4 rings (SSSR count). The number of hydrogen-bond donors (Lipinski definition) is 0. The van der Waals surface area contributed by atoms with Gasteiger partial charge in [-0.2, -0.15) is 0 Å². The monoisotopic (exact) mass is 456 g/mol. The Morgan fingerprint density at radius 1 is 1.06 bits per heavy atom. The molecule has 1 unspecified atom stereocenters. The lowest BCUT2D eigenvalue weighted by atomic mass is 10.1. The molecular weight excluding hydrogens is 436 g/mol.